The van der Waals surface area contributed by atoms with Gasteiger partial charge in [-0.05, 0) is 18.9 Å². The van der Waals surface area contributed by atoms with E-state index in [1.54, 1.807) is 0 Å². The van der Waals surface area contributed by atoms with Gasteiger partial charge in [-0.1, -0.05) is 31.0 Å². The monoisotopic (exact) mass is 229 g/mol. The van der Waals surface area contributed by atoms with Gasteiger partial charge in [-0.2, -0.15) is 5.10 Å². The molecule has 1 aromatic carbocycles. The van der Waals surface area contributed by atoms with Crippen molar-refractivity contribution in [3.63, 3.8) is 0 Å². The molecule has 0 radical (unpaired) electrons. The Labute approximate surface area is 102 Å². The second-order valence-electron chi connectivity index (χ2n) is 5.18. The lowest BCUT2D eigenvalue weighted by Gasteiger charge is -2.27. The van der Waals surface area contributed by atoms with Gasteiger partial charge in [-0.3, -0.25) is 4.68 Å². The van der Waals surface area contributed by atoms with Crippen molar-refractivity contribution < 1.29 is 0 Å². The van der Waals surface area contributed by atoms with Crippen molar-refractivity contribution in [1.82, 2.24) is 9.78 Å². The largest absolute Gasteiger partial charge is 0.330 e. The van der Waals surface area contributed by atoms with E-state index in [0.29, 0.717) is 0 Å². The molecule has 2 aromatic rings. The van der Waals surface area contributed by atoms with Gasteiger partial charge in [0.05, 0.1) is 11.2 Å². The summed E-state index contributed by atoms with van der Waals surface area (Å²) in [5.41, 5.74) is 8.66. The molecule has 0 unspecified atom stereocenters. The van der Waals surface area contributed by atoms with Gasteiger partial charge in [0.15, 0.2) is 0 Å². The summed E-state index contributed by atoms with van der Waals surface area (Å²) < 4.78 is 2.04. The summed E-state index contributed by atoms with van der Waals surface area (Å²) in [4.78, 5) is 0. The highest BCUT2D eigenvalue weighted by molar-refractivity contribution is 5.82. The van der Waals surface area contributed by atoms with Crippen LogP contribution in [0.4, 0.5) is 0 Å². The smallest absolute Gasteiger partial charge is 0.0926 e. The third kappa shape index (κ3) is 1.49. The first-order chi connectivity index (χ1) is 8.27. The van der Waals surface area contributed by atoms with E-state index in [-0.39, 0.29) is 5.41 Å². The van der Waals surface area contributed by atoms with E-state index in [9.17, 15) is 0 Å². The molecule has 1 aromatic heterocycles. The Morgan fingerprint density at radius 2 is 2.00 bits per heavy atom. The Balaban J connectivity index is 2.25. The van der Waals surface area contributed by atoms with Crippen LogP contribution in [0.25, 0.3) is 10.9 Å². The fraction of sp³-hybridized carbons (Fsp3) is 0.500. The summed E-state index contributed by atoms with van der Waals surface area (Å²) in [7, 11) is 2.05. The maximum Gasteiger partial charge on any atom is 0.0926 e. The van der Waals surface area contributed by atoms with Crippen molar-refractivity contribution in [3.05, 3.63) is 30.0 Å². The summed E-state index contributed by atoms with van der Waals surface area (Å²) >= 11 is 0. The van der Waals surface area contributed by atoms with Gasteiger partial charge in [0.2, 0.25) is 0 Å². The number of fused-ring (bicyclic) bond motifs is 1. The predicted octanol–water partition coefficient (Wildman–Crippen LogP) is 2.34. The highest BCUT2D eigenvalue weighted by Crippen LogP contribution is 2.42. The minimum Gasteiger partial charge on any atom is -0.330 e. The number of hydrogen-bond acceptors (Lipinski definition) is 2. The molecule has 1 aliphatic carbocycles. The standard InChI is InChI=1S/C14H19N3/c1-17-13(14(10-15)8-4-5-9-14)11-6-2-3-7-12(11)16-17/h2-3,6-7H,4-5,8-10,15H2,1H3. The molecular weight excluding hydrogens is 210 g/mol. The van der Waals surface area contributed by atoms with Crippen LogP contribution in [0.15, 0.2) is 24.3 Å². The molecule has 2 N–H and O–H groups in total. The molecule has 1 heterocycles. The lowest BCUT2D eigenvalue weighted by atomic mass is 9.81. The Kier molecular flexibility index (Phi) is 2.44. The molecule has 1 saturated carbocycles. The summed E-state index contributed by atoms with van der Waals surface area (Å²) in [6.07, 6.45) is 4.98. The van der Waals surface area contributed by atoms with E-state index in [2.05, 4.69) is 23.3 Å². The SMILES string of the molecule is Cn1nc2ccccc2c1C1(CN)CCCC1. The summed E-state index contributed by atoms with van der Waals surface area (Å²) in [6, 6.07) is 8.39. The van der Waals surface area contributed by atoms with Crippen molar-refractivity contribution in [2.75, 3.05) is 6.54 Å². The van der Waals surface area contributed by atoms with Crippen LogP contribution < -0.4 is 5.73 Å². The van der Waals surface area contributed by atoms with E-state index < -0.39 is 0 Å². The quantitative estimate of drug-likeness (QED) is 0.859. The maximum atomic E-state index is 6.08. The first-order valence-corrected chi connectivity index (χ1v) is 6.39. The minimum absolute atomic E-state index is 0.158. The van der Waals surface area contributed by atoms with Gasteiger partial charge in [0, 0.05) is 24.4 Å². The van der Waals surface area contributed by atoms with Gasteiger partial charge in [0.25, 0.3) is 0 Å². The maximum absolute atomic E-state index is 6.08. The fourth-order valence-corrected chi connectivity index (χ4v) is 3.37. The Hall–Kier alpha value is -1.35. The van der Waals surface area contributed by atoms with E-state index in [0.717, 1.165) is 12.1 Å². The molecule has 1 fully saturated rings. The van der Waals surface area contributed by atoms with Gasteiger partial charge >= 0.3 is 0 Å². The highest BCUT2D eigenvalue weighted by Gasteiger charge is 2.38. The van der Waals surface area contributed by atoms with Crippen LogP contribution in [0.3, 0.4) is 0 Å². The average Bonchev–Trinajstić information content (AvgIpc) is 2.92. The van der Waals surface area contributed by atoms with E-state index in [1.807, 2.05) is 17.8 Å². The Morgan fingerprint density at radius 3 is 2.71 bits per heavy atom. The zero-order valence-corrected chi connectivity index (χ0v) is 10.3. The molecular formula is C14H19N3. The topological polar surface area (TPSA) is 43.8 Å². The number of aromatic nitrogens is 2. The molecule has 90 valence electrons. The second kappa shape index (κ2) is 3.84. The first kappa shape index (κ1) is 10.8. The lowest BCUT2D eigenvalue weighted by molar-refractivity contribution is 0.421. The number of nitrogens with zero attached hydrogens (tertiary/aromatic N) is 2. The minimum atomic E-state index is 0.158. The molecule has 3 rings (SSSR count). The van der Waals surface area contributed by atoms with Crippen LogP contribution in [0.5, 0.6) is 0 Å². The van der Waals surface area contributed by atoms with Gasteiger partial charge in [-0.15, -0.1) is 0 Å². The molecule has 0 saturated heterocycles. The zero-order valence-electron chi connectivity index (χ0n) is 10.3. The lowest BCUT2D eigenvalue weighted by Crippen LogP contribution is -2.34. The summed E-state index contributed by atoms with van der Waals surface area (Å²) in [6.45, 7) is 0.733. The van der Waals surface area contributed by atoms with Crippen LogP contribution in [-0.2, 0) is 12.5 Å². The van der Waals surface area contributed by atoms with Crippen molar-refractivity contribution >= 4 is 10.9 Å². The fourth-order valence-electron chi connectivity index (χ4n) is 3.37. The Bertz CT molecular complexity index is 535. The second-order valence-corrected chi connectivity index (χ2v) is 5.18. The average molecular weight is 229 g/mol. The normalized spacial score (nSPS) is 18.9. The van der Waals surface area contributed by atoms with E-state index in [4.69, 9.17) is 5.73 Å². The number of benzene rings is 1. The number of hydrogen-bond donors (Lipinski definition) is 1. The van der Waals surface area contributed by atoms with Crippen molar-refractivity contribution in [2.45, 2.75) is 31.1 Å². The van der Waals surface area contributed by atoms with E-state index >= 15 is 0 Å². The van der Waals surface area contributed by atoms with Crippen LogP contribution in [0.1, 0.15) is 31.4 Å². The number of aryl methyl sites for hydroxylation is 1. The third-order valence-electron chi connectivity index (χ3n) is 4.19. The summed E-state index contributed by atoms with van der Waals surface area (Å²) in [5, 5.41) is 5.89. The highest BCUT2D eigenvalue weighted by atomic mass is 15.3. The Morgan fingerprint density at radius 1 is 1.29 bits per heavy atom. The molecule has 0 bridgehead atoms. The number of nitrogens with two attached hydrogens (primary N) is 1. The van der Waals surface area contributed by atoms with Crippen LogP contribution in [0, 0.1) is 0 Å². The molecule has 3 heteroatoms. The van der Waals surface area contributed by atoms with Crippen molar-refractivity contribution in [3.8, 4) is 0 Å². The van der Waals surface area contributed by atoms with Crippen molar-refractivity contribution in [2.24, 2.45) is 12.8 Å². The number of rotatable bonds is 2. The van der Waals surface area contributed by atoms with Gasteiger partial charge in [-0.25, -0.2) is 0 Å². The van der Waals surface area contributed by atoms with Gasteiger partial charge in [0.1, 0.15) is 0 Å². The zero-order chi connectivity index (χ0) is 11.9. The molecule has 0 spiro atoms. The van der Waals surface area contributed by atoms with Crippen molar-refractivity contribution in [1.29, 1.82) is 0 Å². The molecule has 3 nitrogen and oxygen atoms in total. The molecule has 0 atom stereocenters. The third-order valence-corrected chi connectivity index (χ3v) is 4.19. The molecule has 0 aliphatic heterocycles. The molecule has 1 aliphatic rings. The predicted molar refractivity (Wildman–Crippen MR) is 69.9 cm³/mol. The van der Waals surface area contributed by atoms with Crippen LogP contribution in [0.2, 0.25) is 0 Å². The van der Waals surface area contributed by atoms with Crippen LogP contribution >= 0.6 is 0 Å². The first-order valence-electron chi connectivity index (χ1n) is 6.39. The molecule has 0 amide bonds. The van der Waals surface area contributed by atoms with E-state index in [1.165, 1.54) is 36.8 Å². The summed E-state index contributed by atoms with van der Waals surface area (Å²) in [5.74, 6) is 0. The van der Waals surface area contributed by atoms with Gasteiger partial charge < -0.3 is 5.73 Å². The molecule has 17 heavy (non-hydrogen) atoms. The van der Waals surface area contributed by atoms with Crippen LogP contribution in [-0.4, -0.2) is 16.3 Å².